The highest BCUT2D eigenvalue weighted by atomic mass is 32.1. The van der Waals surface area contributed by atoms with Crippen molar-refractivity contribution in [3.63, 3.8) is 0 Å². The Morgan fingerprint density at radius 3 is 2.52 bits per heavy atom. The van der Waals surface area contributed by atoms with Crippen LogP contribution < -0.4 is 15.3 Å². The van der Waals surface area contributed by atoms with E-state index in [1.54, 1.807) is 24.3 Å². The summed E-state index contributed by atoms with van der Waals surface area (Å²) in [4.78, 5) is 28.9. The summed E-state index contributed by atoms with van der Waals surface area (Å²) in [6.07, 6.45) is 0. The topological polar surface area (TPSA) is 48.3 Å². The maximum atomic E-state index is 12.8. The van der Waals surface area contributed by atoms with Crippen LogP contribution in [0.25, 0.3) is 10.1 Å². The van der Waals surface area contributed by atoms with E-state index in [1.807, 2.05) is 0 Å². The second kappa shape index (κ2) is 5.49. The third kappa shape index (κ3) is 2.71. The van der Waals surface area contributed by atoms with E-state index in [9.17, 15) is 14.0 Å². The van der Waals surface area contributed by atoms with E-state index in [-0.39, 0.29) is 12.4 Å². The first-order valence-corrected chi connectivity index (χ1v) is 6.99. The standard InChI is InChI=1S/C15H10FNO3S/c16-11-7-5-10(6-8-11)9-20-17-14(18)12-3-1-2-4-13(12)21-15(17)19/h1-8H,9H2. The van der Waals surface area contributed by atoms with Gasteiger partial charge in [-0.1, -0.05) is 40.3 Å². The number of rotatable bonds is 3. The minimum absolute atomic E-state index is 0.0144. The number of halogens is 1. The molecule has 2 aromatic carbocycles. The van der Waals surface area contributed by atoms with Gasteiger partial charge in [0.15, 0.2) is 0 Å². The zero-order valence-corrected chi connectivity index (χ0v) is 11.6. The molecule has 4 nitrogen and oxygen atoms in total. The first-order valence-electron chi connectivity index (χ1n) is 6.18. The van der Waals surface area contributed by atoms with Gasteiger partial charge < -0.3 is 4.84 Å². The monoisotopic (exact) mass is 303 g/mol. The van der Waals surface area contributed by atoms with Crippen molar-refractivity contribution in [2.24, 2.45) is 0 Å². The predicted molar refractivity (Wildman–Crippen MR) is 79.0 cm³/mol. The van der Waals surface area contributed by atoms with Crippen molar-refractivity contribution < 1.29 is 9.23 Å². The van der Waals surface area contributed by atoms with Gasteiger partial charge in [0.05, 0.1) is 5.39 Å². The molecule has 0 amide bonds. The molecule has 0 saturated heterocycles. The van der Waals surface area contributed by atoms with Crippen LogP contribution in [0.3, 0.4) is 0 Å². The zero-order valence-electron chi connectivity index (χ0n) is 10.8. The van der Waals surface area contributed by atoms with Gasteiger partial charge in [-0.15, -0.1) is 0 Å². The summed E-state index contributed by atoms with van der Waals surface area (Å²) in [5.41, 5.74) is 0.178. The normalized spacial score (nSPS) is 10.7. The average molecular weight is 303 g/mol. The van der Waals surface area contributed by atoms with Crippen molar-refractivity contribution >= 4 is 21.4 Å². The number of hydrogen-bond acceptors (Lipinski definition) is 4. The molecule has 0 bridgehead atoms. The highest BCUT2D eigenvalue weighted by Gasteiger charge is 2.08. The van der Waals surface area contributed by atoms with E-state index in [0.29, 0.717) is 15.6 Å². The number of fused-ring (bicyclic) bond motifs is 1. The molecule has 6 heteroatoms. The van der Waals surface area contributed by atoms with Gasteiger partial charge in [-0.3, -0.25) is 9.59 Å². The first kappa shape index (κ1) is 13.5. The maximum absolute atomic E-state index is 12.8. The molecule has 0 fully saturated rings. The van der Waals surface area contributed by atoms with Crippen molar-refractivity contribution in [2.75, 3.05) is 0 Å². The van der Waals surface area contributed by atoms with Gasteiger partial charge in [0, 0.05) is 4.70 Å². The van der Waals surface area contributed by atoms with Crippen molar-refractivity contribution in [1.29, 1.82) is 0 Å². The molecular formula is C15H10FNO3S. The fourth-order valence-corrected chi connectivity index (χ4v) is 2.71. The molecule has 0 unspecified atom stereocenters. The third-order valence-electron chi connectivity index (χ3n) is 2.94. The molecule has 0 radical (unpaired) electrons. The van der Waals surface area contributed by atoms with Gasteiger partial charge in [-0.2, -0.15) is 0 Å². The number of nitrogens with zero attached hydrogens (tertiary/aromatic N) is 1. The van der Waals surface area contributed by atoms with Crippen LogP contribution in [0.4, 0.5) is 4.39 Å². The van der Waals surface area contributed by atoms with Gasteiger partial charge in [-0.05, 0) is 29.8 Å². The number of benzene rings is 2. The van der Waals surface area contributed by atoms with E-state index >= 15 is 0 Å². The Bertz CT molecular complexity index is 899. The second-order valence-corrected chi connectivity index (χ2v) is 5.36. The van der Waals surface area contributed by atoms with Crippen molar-refractivity contribution in [2.45, 2.75) is 6.61 Å². The van der Waals surface area contributed by atoms with Crippen LogP contribution in [-0.4, -0.2) is 4.73 Å². The molecule has 3 rings (SSSR count). The molecule has 3 aromatic rings. The molecule has 0 saturated carbocycles. The van der Waals surface area contributed by atoms with Crippen LogP contribution in [-0.2, 0) is 6.61 Å². The summed E-state index contributed by atoms with van der Waals surface area (Å²) >= 11 is 0.943. The van der Waals surface area contributed by atoms with Crippen molar-refractivity contribution in [3.05, 3.63) is 79.9 Å². The first-order chi connectivity index (χ1) is 10.1. The Balaban J connectivity index is 1.95. The molecular weight excluding hydrogens is 293 g/mol. The van der Waals surface area contributed by atoms with E-state index in [2.05, 4.69) is 0 Å². The molecule has 0 spiro atoms. The van der Waals surface area contributed by atoms with E-state index in [1.165, 1.54) is 24.3 Å². The molecule has 0 atom stereocenters. The van der Waals surface area contributed by atoms with Gasteiger partial charge >= 0.3 is 4.87 Å². The number of hydrogen-bond donors (Lipinski definition) is 0. The summed E-state index contributed by atoms with van der Waals surface area (Å²) in [5, 5.41) is 0.432. The minimum Gasteiger partial charge on any atom is -0.402 e. The molecule has 0 aliphatic rings. The van der Waals surface area contributed by atoms with E-state index in [0.717, 1.165) is 16.1 Å². The maximum Gasteiger partial charge on any atom is 0.343 e. The smallest absolute Gasteiger partial charge is 0.343 e. The second-order valence-electron chi connectivity index (χ2n) is 4.36. The van der Waals surface area contributed by atoms with E-state index in [4.69, 9.17) is 4.84 Å². The van der Waals surface area contributed by atoms with Gasteiger partial charge in [0.1, 0.15) is 12.4 Å². The summed E-state index contributed by atoms with van der Waals surface area (Å²) in [6, 6.07) is 12.5. The van der Waals surface area contributed by atoms with Gasteiger partial charge in [-0.25, -0.2) is 4.39 Å². The molecule has 1 heterocycles. The van der Waals surface area contributed by atoms with Crippen LogP contribution in [0, 0.1) is 5.82 Å². The SMILES string of the molecule is O=c1sc2ccccc2c(=O)n1OCc1ccc(F)cc1. The van der Waals surface area contributed by atoms with Crippen LogP contribution in [0.1, 0.15) is 5.56 Å². The highest BCUT2D eigenvalue weighted by Crippen LogP contribution is 2.10. The summed E-state index contributed by atoms with van der Waals surface area (Å²) in [7, 11) is 0. The van der Waals surface area contributed by atoms with Crippen molar-refractivity contribution in [3.8, 4) is 0 Å². The lowest BCUT2D eigenvalue weighted by Crippen LogP contribution is -2.36. The lowest BCUT2D eigenvalue weighted by atomic mass is 10.2. The summed E-state index contributed by atoms with van der Waals surface area (Å²) < 4.78 is 14.2. The van der Waals surface area contributed by atoms with Crippen LogP contribution in [0.5, 0.6) is 0 Å². The molecule has 21 heavy (non-hydrogen) atoms. The Morgan fingerprint density at radius 2 is 1.76 bits per heavy atom. The molecule has 1 aromatic heterocycles. The minimum atomic E-state index is -0.489. The molecule has 0 N–H and O–H groups in total. The molecule has 0 aliphatic carbocycles. The zero-order chi connectivity index (χ0) is 14.8. The predicted octanol–water partition coefficient (Wildman–Crippen LogP) is 2.19. The fourth-order valence-electron chi connectivity index (χ4n) is 1.89. The Kier molecular flexibility index (Phi) is 3.53. The summed E-state index contributed by atoms with van der Waals surface area (Å²) in [6.45, 7) is 0.0144. The van der Waals surface area contributed by atoms with Crippen LogP contribution >= 0.6 is 11.3 Å². The van der Waals surface area contributed by atoms with Crippen LogP contribution in [0.2, 0.25) is 0 Å². The lowest BCUT2D eigenvalue weighted by molar-refractivity contribution is 0.0858. The van der Waals surface area contributed by atoms with Crippen LogP contribution in [0.15, 0.2) is 58.1 Å². The highest BCUT2D eigenvalue weighted by molar-refractivity contribution is 7.16. The van der Waals surface area contributed by atoms with Gasteiger partial charge in [0.25, 0.3) is 5.56 Å². The van der Waals surface area contributed by atoms with Gasteiger partial charge in [0.2, 0.25) is 0 Å². The molecule has 106 valence electrons. The lowest BCUT2D eigenvalue weighted by Gasteiger charge is -2.07. The largest absolute Gasteiger partial charge is 0.402 e. The number of aromatic nitrogens is 1. The Labute approximate surface area is 122 Å². The fraction of sp³-hybridized carbons (Fsp3) is 0.0667. The molecule has 0 aliphatic heterocycles. The Morgan fingerprint density at radius 1 is 1.05 bits per heavy atom. The quantitative estimate of drug-likeness (QED) is 0.745. The van der Waals surface area contributed by atoms with E-state index < -0.39 is 10.4 Å². The average Bonchev–Trinajstić information content (AvgIpc) is 2.49. The third-order valence-corrected chi connectivity index (χ3v) is 3.85. The Hall–Kier alpha value is -2.47. The summed E-state index contributed by atoms with van der Waals surface area (Å²) in [5.74, 6) is -0.353. The van der Waals surface area contributed by atoms with Crippen molar-refractivity contribution in [1.82, 2.24) is 4.73 Å².